The van der Waals surface area contributed by atoms with Crippen molar-refractivity contribution in [3.63, 3.8) is 0 Å². The van der Waals surface area contributed by atoms with E-state index in [2.05, 4.69) is 72.5 Å². The van der Waals surface area contributed by atoms with Crippen molar-refractivity contribution in [1.82, 2.24) is 3.97 Å². The topological polar surface area (TPSA) is 4.93 Å². The molecule has 2 aromatic carbocycles. The third-order valence-corrected chi connectivity index (χ3v) is 4.50. The summed E-state index contributed by atoms with van der Waals surface area (Å²) in [5.74, 6) is 0. The molecule has 3 aromatic rings. The van der Waals surface area contributed by atoms with Crippen molar-refractivity contribution < 1.29 is 0 Å². The van der Waals surface area contributed by atoms with Gasteiger partial charge in [0, 0.05) is 16.5 Å². The van der Waals surface area contributed by atoms with E-state index in [1.807, 2.05) is 0 Å². The van der Waals surface area contributed by atoms with Crippen molar-refractivity contribution in [3.05, 3.63) is 65.9 Å². The van der Waals surface area contributed by atoms with Gasteiger partial charge in [-0.25, -0.2) is 0 Å². The van der Waals surface area contributed by atoms with Gasteiger partial charge < -0.3 is 0 Å². The van der Waals surface area contributed by atoms with Crippen LogP contribution in [-0.2, 0) is 6.42 Å². The number of hydrogen-bond acceptors (Lipinski definition) is 1. The SMILES string of the molecule is CCCc1ccc2c(c1)c(C)cn2Sc1ccccc1. The van der Waals surface area contributed by atoms with Gasteiger partial charge in [-0.2, -0.15) is 0 Å². The molecule has 0 aliphatic rings. The summed E-state index contributed by atoms with van der Waals surface area (Å²) >= 11 is 1.77. The highest BCUT2D eigenvalue weighted by atomic mass is 32.2. The van der Waals surface area contributed by atoms with E-state index in [-0.39, 0.29) is 0 Å². The van der Waals surface area contributed by atoms with Crippen molar-refractivity contribution in [2.45, 2.75) is 31.6 Å². The highest BCUT2D eigenvalue weighted by Crippen LogP contribution is 2.29. The molecule has 20 heavy (non-hydrogen) atoms. The van der Waals surface area contributed by atoms with Gasteiger partial charge in [-0.1, -0.05) is 37.6 Å². The molecule has 3 rings (SSSR count). The van der Waals surface area contributed by atoms with Gasteiger partial charge in [-0.15, -0.1) is 0 Å². The lowest BCUT2D eigenvalue weighted by Crippen LogP contribution is -1.86. The Morgan fingerprint density at radius 1 is 1.05 bits per heavy atom. The van der Waals surface area contributed by atoms with E-state index in [1.165, 1.54) is 33.3 Å². The summed E-state index contributed by atoms with van der Waals surface area (Å²) in [5.41, 5.74) is 4.09. The lowest BCUT2D eigenvalue weighted by Gasteiger charge is -2.05. The molecule has 0 bridgehead atoms. The molecule has 0 saturated carbocycles. The Bertz CT molecular complexity index is 713. The molecule has 0 fully saturated rings. The second-order valence-electron chi connectivity index (χ2n) is 5.14. The van der Waals surface area contributed by atoms with Gasteiger partial charge in [0.2, 0.25) is 0 Å². The fourth-order valence-electron chi connectivity index (χ4n) is 2.52. The Labute approximate surface area is 124 Å². The summed E-state index contributed by atoms with van der Waals surface area (Å²) in [6.45, 7) is 4.42. The van der Waals surface area contributed by atoms with E-state index in [4.69, 9.17) is 0 Å². The van der Waals surface area contributed by atoms with Crippen LogP contribution < -0.4 is 0 Å². The Morgan fingerprint density at radius 2 is 1.85 bits per heavy atom. The molecule has 0 aliphatic carbocycles. The summed E-state index contributed by atoms with van der Waals surface area (Å²) in [7, 11) is 0. The lowest BCUT2D eigenvalue weighted by molar-refractivity contribution is 0.923. The van der Waals surface area contributed by atoms with Crippen LogP contribution in [0.5, 0.6) is 0 Å². The number of benzene rings is 2. The van der Waals surface area contributed by atoms with Crippen LogP contribution in [0.25, 0.3) is 10.9 Å². The van der Waals surface area contributed by atoms with Crippen LogP contribution in [0.15, 0.2) is 59.6 Å². The van der Waals surface area contributed by atoms with Crippen molar-refractivity contribution in [2.24, 2.45) is 0 Å². The van der Waals surface area contributed by atoms with Crippen molar-refractivity contribution in [1.29, 1.82) is 0 Å². The van der Waals surface area contributed by atoms with Gasteiger partial charge in [0.1, 0.15) is 0 Å². The maximum absolute atomic E-state index is 2.34. The maximum Gasteiger partial charge on any atom is 0.0597 e. The normalized spacial score (nSPS) is 11.1. The smallest absolute Gasteiger partial charge is 0.0597 e. The first-order valence-electron chi connectivity index (χ1n) is 7.12. The summed E-state index contributed by atoms with van der Waals surface area (Å²) in [5, 5.41) is 1.37. The molecule has 0 amide bonds. The van der Waals surface area contributed by atoms with E-state index in [9.17, 15) is 0 Å². The molecule has 0 unspecified atom stereocenters. The van der Waals surface area contributed by atoms with Gasteiger partial charge >= 0.3 is 0 Å². The lowest BCUT2D eigenvalue weighted by atomic mass is 10.1. The Kier molecular flexibility index (Phi) is 3.83. The number of aromatic nitrogens is 1. The van der Waals surface area contributed by atoms with Crippen molar-refractivity contribution in [3.8, 4) is 0 Å². The molecule has 0 N–H and O–H groups in total. The fourth-order valence-corrected chi connectivity index (χ4v) is 3.50. The Balaban J connectivity index is 2.00. The third kappa shape index (κ3) is 2.61. The summed E-state index contributed by atoms with van der Waals surface area (Å²) < 4.78 is 2.27. The van der Waals surface area contributed by atoms with E-state index in [0.717, 1.165) is 6.42 Å². The zero-order valence-electron chi connectivity index (χ0n) is 12.0. The molecule has 1 heterocycles. The maximum atomic E-state index is 2.34. The molecule has 1 nitrogen and oxygen atoms in total. The minimum Gasteiger partial charge on any atom is -0.287 e. The molecule has 1 aromatic heterocycles. The van der Waals surface area contributed by atoms with Crippen LogP contribution in [-0.4, -0.2) is 3.97 Å². The molecule has 2 heteroatoms. The second kappa shape index (κ2) is 5.76. The molecule has 0 atom stereocenters. The minimum absolute atomic E-state index is 1.16. The molecular weight excluding hydrogens is 262 g/mol. The summed E-state index contributed by atoms with van der Waals surface area (Å²) in [6, 6.07) is 17.4. The van der Waals surface area contributed by atoms with Crippen molar-refractivity contribution >= 4 is 22.9 Å². The Morgan fingerprint density at radius 3 is 2.60 bits per heavy atom. The van der Waals surface area contributed by atoms with Crippen LogP contribution in [0.2, 0.25) is 0 Å². The molecule has 0 spiro atoms. The van der Waals surface area contributed by atoms with E-state index in [1.54, 1.807) is 11.9 Å². The number of rotatable bonds is 4. The number of fused-ring (bicyclic) bond motifs is 1. The number of nitrogens with zero attached hydrogens (tertiary/aromatic N) is 1. The molecule has 0 aliphatic heterocycles. The second-order valence-corrected chi connectivity index (χ2v) is 6.19. The summed E-state index contributed by atoms with van der Waals surface area (Å²) in [4.78, 5) is 1.27. The highest BCUT2D eigenvalue weighted by molar-refractivity contribution is 7.98. The average Bonchev–Trinajstić information content (AvgIpc) is 2.77. The monoisotopic (exact) mass is 281 g/mol. The van der Waals surface area contributed by atoms with Crippen LogP contribution >= 0.6 is 11.9 Å². The standard InChI is InChI=1S/C18H19NS/c1-3-7-15-10-11-18-17(12-15)14(2)13-19(18)20-16-8-5-4-6-9-16/h4-6,8-13H,3,7H2,1-2H3. The first-order valence-corrected chi connectivity index (χ1v) is 7.89. The van der Waals surface area contributed by atoms with Gasteiger partial charge in [0.05, 0.1) is 5.52 Å². The van der Waals surface area contributed by atoms with Gasteiger partial charge in [-0.3, -0.25) is 3.97 Å². The predicted octanol–water partition coefficient (Wildman–Crippen LogP) is 5.46. The quantitative estimate of drug-likeness (QED) is 0.615. The molecule has 0 radical (unpaired) electrons. The van der Waals surface area contributed by atoms with Crippen LogP contribution in [0.3, 0.4) is 0 Å². The first-order chi connectivity index (χ1) is 9.78. The van der Waals surface area contributed by atoms with Crippen molar-refractivity contribution in [2.75, 3.05) is 0 Å². The van der Waals surface area contributed by atoms with E-state index in [0.29, 0.717) is 0 Å². The number of hydrogen-bond donors (Lipinski definition) is 0. The largest absolute Gasteiger partial charge is 0.287 e. The zero-order valence-corrected chi connectivity index (χ0v) is 12.8. The predicted molar refractivity (Wildman–Crippen MR) is 88.4 cm³/mol. The third-order valence-electron chi connectivity index (χ3n) is 3.52. The molecular formula is C18H19NS. The van der Waals surface area contributed by atoms with Crippen LogP contribution in [0.4, 0.5) is 0 Å². The number of aryl methyl sites for hydroxylation is 2. The van der Waals surface area contributed by atoms with Gasteiger partial charge in [-0.05, 0) is 60.7 Å². The van der Waals surface area contributed by atoms with Gasteiger partial charge in [0.15, 0.2) is 0 Å². The first kappa shape index (κ1) is 13.3. The fraction of sp³-hybridized carbons (Fsp3) is 0.222. The van der Waals surface area contributed by atoms with Crippen LogP contribution in [0.1, 0.15) is 24.5 Å². The minimum atomic E-state index is 1.16. The van der Waals surface area contributed by atoms with Crippen LogP contribution in [0, 0.1) is 6.92 Å². The molecule has 102 valence electrons. The van der Waals surface area contributed by atoms with E-state index >= 15 is 0 Å². The highest BCUT2D eigenvalue weighted by Gasteiger charge is 2.07. The average molecular weight is 281 g/mol. The molecule has 0 saturated heterocycles. The van der Waals surface area contributed by atoms with E-state index < -0.39 is 0 Å². The Hall–Kier alpha value is -1.67. The van der Waals surface area contributed by atoms with Gasteiger partial charge in [0.25, 0.3) is 0 Å². The zero-order chi connectivity index (χ0) is 13.9. The summed E-state index contributed by atoms with van der Waals surface area (Å²) in [6.07, 6.45) is 4.59.